The molecule has 0 unspecified atom stereocenters. The van der Waals surface area contributed by atoms with E-state index in [-0.39, 0.29) is 0 Å². The molecule has 2 rings (SSSR count). The molecule has 0 bridgehead atoms. The highest BCUT2D eigenvalue weighted by Gasteiger charge is 2.06. The average Bonchev–Trinajstić information content (AvgIpc) is 2.36. The molecule has 2 N–H and O–H groups in total. The molecule has 0 aliphatic carbocycles. The van der Waals surface area contributed by atoms with E-state index in [1.807, 2.05) is 50.2 Å². The number of rotatable bonds is 3. The molecule has 0 fully saturated rings. The summed E-state index contributed by atoms with van der Waals surface area (Å²) in [7, 11) is 0. The van der Waals surface area contributed by atoms with Gasteiger partial charge >= 0.3 is 0 Å². The number of hydrogen-bond acceptors (Lipinski definition) is 2. The van der Waals surface area contributed by atoms with Crippen LogP contribution in [-0.4, -0.2) is 0 Å². The fourth-order valence-electron chi connectivity index (χ4n) is 1.68. The third-order valence-corrected chi connectivity index (χ3v) is 3.09. The van der Waals surface area contributed by atoms with Gasteiger partial charge in [0.2, 0.25) is 0 Å². The molecule has 2 nitrogen and oxygen atoms in total. The molecule has 0 aliphatic rings. The summed E-state index contributed by atoms with van der Waals surface area (Å²) in [5.41, 5.74) is 8.82. The quantitative estimate of drug-likeness (QED) is 0.898. The second-order valence-corrected chi connectivity index (χ2v) is 4.75. The molecule has 2 aromatic carbocycles. The number of ether oxygens (including phenoxy) is 1. The van der Waals surface area contributed by atoms with Crippen LogP contribution >= 0.6 is 11.6 Å². The van der Waals surface area contributed by atoms with E-state index < -0.39 is 0 Å². The summed E-state index contributed by atoms with van der Waals surface area (Å²) in [5.74, 6) is 1.60. The molecule has 0 atom stereocenters. The van der Waals surface area contributed by atoms with Crippen molar-refractivity contribution in [1.29, 1.82) is 0 Å². The third kappa shape index (κ3) is 2.84. The van der Waals surface area contributed by atoms with Gasteiger partial charge in [-0.15, -0.1) is 0 Å². The predicted molar refractivity (Wildman–Crippen MR) is 75.3 cm³/mol. The zero-order valence-corrected chi connectivity index (χ0v) is 11.3. The summed E-state index contributed by atoms with van der Waals surface area (Å²) >= 11 is 5.98. The van der Waals surface area contributed by atoms with Gasteiger partial charge in [-0.2, -0.15) is 0 Å². The Kier molecular flexibility index (Phi) is 3.90. The maximum Gasteiger partial charge on any atom is 0.131 e. The lowest BCUT2D eigenvalue weighted by Crippen LogP contribution is -1.98. The molecule has 0 saturated carbocycles. The Morgan fingerprint density at radius 1 is 1.00 bits per heavy atom. The molecule has 2 aromatic rings. The first-order chi connectivity index (χ1) is 8.60. The van der Waals surface area contributed by atoms with Crippen molar-refractivity contribution in [2.24, 2.45) is 5.73 Å². The van der Waals surface area contributed by atoms with Crippen LogP contribution < -0.4 is 10.5 Å². The Morgan fingerprint density at radius 3 is 2.28 bits per heavy atom. The number of hydrogen-bond donors (Lipinski definition) is 1. The summed E-state index contributed by atoms with van der Waals surface area (Å²) in [6, 6.07) is 11.6. The van der Waals surface area contributed by atoms with Gasteiger partial charge in [-0.3, -0.25) is 0 Å². The van der Waals surface area contributed by atoms with Crippen LogP contribution in [0.25, 0.3) is 0 Å². The number of nitrogens with two attached hydrogens (primary N) is 1. The van der Waals surface area contributed by atoms with Gasteiger partial charge in [-0.1, -0.05) is 29.8 Å². The van der Waals surface area contributed by atoms with Crippen molar-refractivity contribution in [2.75, 3.05) is 0 Å². The third-order valence-electron chi connectivity index (χ3n) is 2.86. The summed E-state index contributed by atoms with van der Waals surface area (Å²) < 4.78 is 5.92. The second kappa shape index (κ2) is 5.42. The Balaban J connectivity index is 2.36. The van der Waals surface area contributed by atoms with Gasteiger partial charge in [0, 0.05) is 11.6 Å². The predicted octanol–water partition coefficient (Wildman–Crippen LogP) is 4.21. The summed E-state index contributed by atoms with van der Waals surface area (Å²) in [5, 5.41) is 0.670. The molecule has 18 heavy (non-hydrogen) atoms. The second-order valence-electron chi connectivity index (χ2n) is 4.32. The normalized spacial score (nSPS) is 10.4. The van der Waals surface area contributed by atoms with Crippen LogP contribution in [0, 0.1) is 13.8 Å². The standard InChI is InChI=1S/C15H16ClNO/c1-10-3-5-12(9-17)7-14(10)18-15-8-13(16)6-4-11(15)2/h3-8H,9,17H2,1-2H3. The first-order valence-electron chi connectivity index (χ1n) is 5.84. The molecule has 0 amide bonds. The topological polar surface area (TPSA) is 35.2 Å². The Hall–Kier alpha value is -1.51. The zero-order valence-electron chi connectivity index (χ0n) is 10.5. The minimum Gasteiger partial charge on any atom is -0.457 e. The van der Waals surface area contributed by atoms with Crippen molar-refractivity contribution in [3.8, 4) is 11.5 Å². The first-order valence-corrected chi connectivity index (χ1v) is 6.21. The number of aryl methyl sites for hydroxylation is 2. The van der Waals surface area contributed by atoms with Crippen molar-refractivity contribution in [3.05, 3.63) is 58.1 Å². The van der Waals surface area contributed by atoms with E-state index in [0.717, 1.165) is 28.2 Å². The van der Waals surface area contributed by atoms with Crippen molar-refractivity contribution >= 4 is 11.6 Å². The van der Waals surface area contributed by atoms with E-state index in [2.05, 4.69) is 0 Å². The van der Waals surface area contributed by atoms with Crippen LogP contribution in [0.4, 0.5) is 0 Å². The van der Waals surface area contributed by atoms with Gasteiger partial charge < -0.3 is 10.5 Å². The van der Waals surface area contributed by atoms with Crippen LogP contribution in [0.5, 0.6) is 11.5 Å². The summed E-state index contributed by atoms with van der Waals surface area (Å²) in [6.45, 7) is 4.51. The maximum absolute atomic E-state index is 5.98. The molecule has 0 spiro atoms. The highest BCUT2D eigenvalue weighted by Crippen LogP contribution is 2.30. The van der Waals surface area contributed by atoms with Gasteiger partial charge in [-0.25, -0.2) is 0 Å². The first kappa shape index (κ1) is 12.9. The summed E-state index contributed by atoms with van der Waals surface area (Å²) in [4.78, 5) is 0. The highest BCUT2D eigenvalue weighted by atomic mass is 35.5. The summed E-state index contributed by atoms with van der Waals surface area (Å²) in [6.07, 6.45) is 0. The van der Waals surface area contributed by atoms with E-state index in [4.69, 9.17) is 22.1 Å². The van der Waals surface area contributed by atoms with Crippen LogP contribution in [-0.2, 0) is 6.54 Å². The van der Waals surface area contributed by atoms with Crippen molar-refractivity contribution in [2.45, 2.75) is 20.4 Å². The molecular weight excluding hydrogens is 246 g/mol. The van der Waals surface area contributed by atoms with Gasteiger partial charge in [0.1, 0.15) is 11.5 Å². The fourth-order valence-corrected chi connectivity index (χ4v) is 1.85. The largest absolute Gasteiger partial charge is 0.457 e. The van der Waals surface area contributed by atoms with E-state index in [1.54, 1.807) is 0 Å². The number of benzene rings is 2. The van der Waals surface area contributed by atoms with Gasteiger partial charge in [-0.05, 0) is 48.7 Å². The average molecular weight is 262 g/mol. The Labute approximate surface area is 112 Å². The van der Waals surface area contributed by atoms with Gasteiger partial charge in [0.25, 0.3) is 0 Å². The highest BCUT2D eigenvalue weighted by molar-refractivity contribution is 6.30. The SMILES string of the molecule is Cc1ccc(Cl)cc1Oc1cc(CN)ccc1C. The minimum absolute atomic E-state index is 0.505. The Bertz CT molecular complexity index is 566. The molecule has 0 heterocycles. The van der Waals surface area contributed by atoms with Crippen LogP contribution in [0.3, 0.4) is 0 Å². The molecule has 0 aromatic heterocycles. The molecule has 0 saturated heterocycles. The lowest BCUT2D eigenvalue weighted by Gasteiger charge is -2.12. The maximum atomic E-state index is 5.98. The monoisotopic (exact) mass is 261 g/mol. The molecule has 3 heteroatoms. The van der Waals surface area contributed by atoms with Gasteiger partial charge in [0.15, 0.2) is 0 Å². The van der Waals surface area contributed by atoms with Crippen molar-refractivity contribution in [1.82, 2.24) is 0 Å². The zero-order chi connectivity index (χ0) is 13.1. The van der Waals surface area contributed by atoms with E-state index in [1.165, 1.54) is 0 Å². The Morgan fingerprint density at radius 2 is 1.61 bits per heavy atom. The van der Waals surface area contributed by atoms with Crippen LogP contribution in [0.15, 0.2) is 36.4 Å². The molecule has 94 valence electrons. The molecular formula is C15H16ClNO. The van der Waals surface area contributed by atoms with Gasteiger partial charge in [0.05, 0.1) is 0 Å². The fraction of sp³-hybridized carbons (Fsp3) is 0.200. The molecule has 0 aliphatic heterocycles. The van der Waals surface area contributed by atoms with Crippen molar-refractivity contribution < 1.29 is 4.74 Å². The van der Waals surface area contributed by atoms with Crippen LogP contribution in [0.1, 0.15) is 16.7 Å². The molecule has 0 radical (unpaired) electrons. The van der Waals surface area contributed by atoms with Crippen LogP contribution in [0.2, 0.25) is 5.02 Å². The van der Waals surface area contributed by atoms with Crippen molar-refractivity contribution in [3.63, 3.8) is 0 Å². The number of halogens is 1. The lowest BCUT2D eigenvalue weighted by atomic mass is 10.1. The van der Waals surface area contributed by atoms with E-state index in [9.17, 15) is 0 Å². The van der Waals surface area contributed by atoms with E-state index >= 15 is 0 Å². The lowest BCUT2D eigenvalue weighted by molar-refractivity contribution is 0.474. The van der Waals surface area contributed by atoms with E-state index in [0.29, 0.717) is 11.6 Å². The smallest absolute Gasteiger partial charge is 0.131 e. The minimum atomic E-state index is 0.505.